The summed E-state index contributed by atoms with van der Waals surface area (Å²) in [6.45, 7) is 7.23. The van der Waals surface area contributed by atoms with Gasteiger partial charge in [-0.3, -0.25) is 0 Å². The monoisotopic (exact) mass is 267 g/mol. The van der Waals surface area contributed by atoms with Gasteiger partial charge in [0.1, 0.15) is 0 Å². The predicted octanol–water partition coefficient (Wildman–Crippen LogP) is 2.20. The SMILES string of the molecule is CN1CC(CN)N(c2ccc(Cl)cc2)C(C)(C)C1. The van der Waals surface area contributed by atoms with Crippen molar-refractivity contribution < 1.29 is 0 Å². The van der Waals surface area contributed by atoms with E-state index in [1.807, 2.05) is 12.1 Å². The molecule has 0 aliphatic carbocycles. The number of nitrogens with zero attached hydrogens (tertiary/aromatic N) is 2. The van der Waals surface area contributed by atoms with Crippen molar-refractivity contribution in [2.24, 2.45) is 5.73 Å². The van der Waals surface area contributed by atoms with Crippen LogP contribution in [0.2, 0.25) is 5.02 Å². The van der Waals surface area contributed by atoms with E-state index in [-0.39, 0.29) is 5.54 Å². The second-order valence-corrected chi connectivity index (χ2v) is 6.18. The van der Waals surface area contributed by atoms with Crippen molar-refractivity contribution >= 4 is 17.3 Å². The van der Waals surface area contributed by atoms with Gasteiger partial charge in [-0.1, -0.05) is 11.6 Å². The van der Waals surface area contributed by atoms with Gasteiger partial charge in [0.05, 0.1) is 6.04 Å². The number of benzene rings is 1. The van der Waals surface area contributed by atoms with E-state index in [0.29, 0.717) is 12.6 Å². The Balaban J connectivity index is 2.34. The zero-order valence-corrected chi connectivity index (χ0v) is 12.1. The minimum atomic E-state index is 0.0743. The van der Waals surface area contributed by atoms with Gasteiger partial charge in [0.15, 0.2) is 0 Å². The molecule has 0 saturated carbocycles. The number of piperazine rings is 1. The van der Waals surface area contributed by atoms with Crippen LogP contribution >= 0.6 is 11.6 Å². The van der Waals surface area contributed by atoms with Crippen LogP contribution in [0.5, 0.6) is 0 Å². The smallest absolute Gasteiger partial charge is 0.0545 e. The van der Waals surface area contributed by atoms with Gasteiger partial charge in [0.2, 0.25) is 0 Å². The Labute approximate surface area is 115 Å². The van der Waals surface area contributed by atoms with Crippen LogP contribution in [0.1, 0.15) is 13.8 Å². The lowest BCUT2D eigenvalue weighted by Gasteiger charge is -2.52. The number of halogens is 1. The van der Waals surface area contributed by atoms with Crippen LogP contribution in [0.3, 0.4) is 0 Å². The second kappa shape index (κ2) is 5.08. The normalized spacial score (nSPS) is 24.3. The maximum absolute atomic E-state index is 5.96. The molecule has 100 valence electrons. The highest BCUT2D eigenvalue weighted by Gasteiger charge is 2.38. The van der Waals surface area contributed by atoms with E-state index in [2.05, 4.69) is 42.8 Å². The summed E-state index contributed by atoms with van der Waals surface area (Å²) in [4.78, 5) is 4.78. The lowest BCUT2D eigenvalue weighted by atomic mass is 9.94. The Morgan fingerprint density at radius 2 is 1.94 bits per heavy atom. The van der Waals surface area contributed by atoms with E-state index < -0.39 is 0 Å². The number of likely N-dealkylation sites (N-methyl/N-ethyl adjacent to an activating group) is 1. The zero-order valence-electron chi connectivity index (χ0n) is 11.4. The van der Waals surface area contributed by atoms with Gasteiger partial charge in [0.25, 0.3) is 0 Å². The maximum Gasteiger partial charge on any atom is 0.0545 e. The van der Waals surface area contributed by atoms with Gasteiger partial charge in [-0.2, -0.15) is 0 Å². The van der Waals surface area contributed by atoms with Gasteiger partial charge >= 0.3 is 0 Å². The maximum atomic E-state index is 5.96. The van der Waals surface area contributed by atoms with Crippen molar-refractivity contribution in [2.45, 2.75) is 25.4 Å². The van der Waals surface area contributed by atoms with Crippen LogP contribution in [-0.4, -0.2) is 43.2 Å². The molecule has 0 aromatic heterocycles. The Morgan fingerprint density at radius 3 is 2.50 bits per heavy atom. The first-order valence-corrected chi connectivity index (χ1v) is 6.75. The second-order valence-electron chi connectivity index (χ2n) is 5.75. The number of rotatable bonds is 2. The van der Waals surface area contributed by atoms with E-state index in [4.69, 9.17) is 17.3 Å². The van der Waals surface area contributed by atoms with Crippen molar-refractivity contribution in [3.05, 3.63) is 29.3 Å². The number of hydrogen-bond acceptors (Lipinski definition) is 3. The summed E-state index contributed by atoms with van der Waals surface area (Å²) in [5, 5.41) is 0.773. The zero-order chi connectivity index (χ0) is 13.3. The topological polar surface area (TPSA) is 32.5 Å². The fraction of sp³-hybridized carbons (Fsp3) is 0.571. The molecule has 0 amide bonds. The van der Waals surface area contributed by atoms with Crippen LogP contribution in [0.4, 0.5) is 5.69 Å². The number of hydrogen-bond donors (Lipinski definition) is 1. The molecule has 1 aromatic carbocycles. The summed E-state index contributed by atoms with van der Waals surface area (Å²) in [7, 11) is 2.16. The molecule has 2 rings (SSSR count). The van der Waals surface area contributed by atoms with E-state index in [9.17, 15) is 0 Å². The highest BCUT2D eigenvalue weighted by molar-refractivity contribution is 6.30. The summed E-state index contributed by atoms with van der Waals surface area (Å²) < 4.78 is 0. The van der Waals surface area contributed by atoms with E-state index in [1.165, 1.54) is 5.69 Å². The molecule has 4 heteroatoms. The minimum absolute atomic E-state index is 0.0743. The molecule has 1 aromatic rings. The molecular weight excluding hydrogens is 246 g/mol. The van der Waals surface area contributed by atoms with Crippen LogP contribution < -0.4 is 10.6 Å². The quantitative estimate of drug-likeness (QED) is 0.892. The van der Waals surface area contributed by atoms with Gasteiger partial charge in [0, 0.05) is 35.9 Å². The molecular formula is C14H22ClN3. The van der Waals surface area contributed by atoms with Gasteiger partial charge in [-0.15, -0.1) is 0 Å². The molecule has 1 fully saturated rings. The van der Waals surface area contributed by atoms with Crippen LogP contribution in [-0.2, 0) is 0 Å². The molecule has 0 spiro atoms. The molecule has 1 unspecified atom stereocenters. The van der Waals surface area contributed by atoms with Crippen LogP contribution in [0, 0.1) is 0 Å². The van der Waals surface area contributed by atoms with E-state index in [0.717, 1.165) is 18.1 Å². The largest absolute Gasteiger partial charge is 0.360 e. The molecule has 1 aliphatic rings. The van der Waals surface area contributed by atoms with Crippen molar-refractivity contribution in [1.82, 2.24) is 4.90 Å². The summed E-state index contributed by atoms with van der Waals surface area (Å²) >= 11 is 5.96. The number of anilines is 1. The predicted molar refractivity (Wildman–Crippen MR) is 78.3 cm³/mol. The third kappa shape index (κ3) is 2.63. The number of nitrogens with two attached hydrogens (primary N) is 1. The van der Waals surface area contributed by atoms with Crippen LogP contribution in [0.15, 0.2) is 24.3 Å². The highest BCUT2D eigenvalue weighted by atomic mass is 35.5. The Bertz CT molecular complexity index is 402. The Kier molecular flexibility index (Phi) is 3.85. The van der Waals surface area contributed by atoms with Crippen molar-refractivity contribution in [3.8, 4) is 0 Å². The summed E-state index contributed by atoms with van der Waals surface area (Å²) in [5.74, 6) is 0. The molecule has 0 bridgehead atoms. The van der Waals surface area contributed by atoms with Gasteiger partial charge < -0.3 is 15.5 Å². The lowest BCUT2D eigenvalue weighted by Crippen LogP contribution is -2.65. The Morgan fingerprint density at radius 1 is 1.33 bits per heavy atom. The first-order chi connectivity index (χ1) is 8.44. The Hall–Kier alpha value is -0.770. The average Bonchev–Trinajstić information content (AvgIpc) is 2.28. The third-order valence-corrected chi connectivity index (χ3v) is 3.83. The molecule has 3 nitrogen and oxygen atoms in total. The first-order valence-electron chi connectivity index (χ1n) is 6.37. The lowest BCUT2D eigenvalue weighted by molar-refractivity contribution is 0.182. The third-order valence-electron chi connectivity index (χ3n) is 3.57. The molecule has 18 heavy (non-hydrogen) atoms. The molecule has 1 saturated heterocycles. The standard InChI is InChI=1S/C14H22ClN3/c1-14(2)10-17(3)9-13(8-16)18(14)12-6-4-11(15)5-7-12/h4-7,13H,8-10,16H2,1-3H3. The van der Waals surface area contributed by atoms with E-state index >= 15 is 0 Å². The fourth-order valence-corrected chi connectivity index (χ4v) is 3.20. The summed E-state index contributed by atoms with van der Waals surface area (Å²) in [6.07, 6.45) is 0. The van der Waals surface area contributed by atoms with Crippen molar-refractivity contribution in [2.75, 3.05) is 31.6 Å². The summed E-state index contributed by atoms with van der Waals surface area (Å²) in [5.41, 5.74) is 7.23. The summed E-state index contributed by atoms with van der Waals surface area (Å²) in [6, 6.07) is 8.40. The molecule has 0 radical (unpaired) electrons. The molecule has 1 heterocycles. The van der Waals surface area contributed by atoms with Crippen molar-refractivity contribution in [3.63, 3.8) is 0 Å². The van der Waals surface area contributed by atoms with E-state index in [1.54, 1.807) is 0 Å². The molecule has 1 atom stereocenters. The average molecular weight is 268 g/mol. The molecule has 2 N–H and O–H groups in total. The molecule has 1 aliphatic heterocycles. The first kappa shape index (κ1) is 13.7. The van der Waals surface area contributed by atoms with Crippen LogP contribution in [0.25, 0.3) is 0 Å². The fourth-order valence-electron chi connectivity index (χ4n) is 3.08. The van der Waals surface area contributed by atoms with Gasteiger partial charge in [-0.05, 0) is 45.2 Å². The minimum Gasteiger partial charge on any atom is -0.360 e. The highest BCUT2D eigenvalue weighted by Crippen LogP contribution is 2.31. The van der Waals surface area contributed by atoms with Crippen molar-refractivity contribution in [1.29, 1.82) is 0 Å². The van der Waals surface area contributed by atoms with Gasteiger partial charge in [-0.25, -0.2) is 0 Å².